The second-order valence-electron chi connectivity index (χ2n) is 6.16. The van der Waals surface area contributed by atoms with Gasteiger partial charge in [-0.1, -0.05) is 0 Å². The van der Waals surface area contributed by atoms with Crippen molar-refractivity contribution < 1.29 is 13.5 Å². The van der Waals surface area contributed by atoms with Crippen molar-refractivity contribution >= 4 is 16.9 Å². The third-order valence-corrected chi connectivity index (χ3v) is 4.59. The van der Waals surface area contributed by atoms with Crippen LogP contribution in [0.2, 0.25) is 0 Å². The molecule has 2 aromatic heterocycles. The molecule has 0 unspecified atom stereocenters. The number of H-pyrrole nitrogens is 1. The van der Waals surface area contributed by atoms with Crippen LogP contribution < -0.4 is 9.64 Å². The molecule has 0 atom stereocenters. The van der Waals surface area contributed by atoms with Crippen LogP contribution in [-0.4, -0.2) is 41.3 Å². The number of piperidine rings is 1. The van der Waals surface area contributed by atoms with E-state index in [9.17, 15) is 8.78 Å². The topological polar surface area (TPSA) is 54.0 Å². The van der Waals surface area contributed by atoms with Crippen molar-refractivity contribution in [1.82, 2.24) is 15.0 Å². The third kappa shape index (κ3) is 2.90. The van der Waals surface area contributed by atoms with Gasteiger partial charge in [-0.25, -0.2) is 18.7 Å². The van der Waals surface area contributed by atoms with E-state index >= 15 is 0 Å². The van der Waals surface area contributed by atoms with Gasteiger partial charge in [-0.3, -0.25) is 0 Å². The fourth-order valence-electron chi connectivity index (χ4n) is 3.31. The van der Waals surface area contributed by atoms with Crippen molar-refractivity contribution in [3.8, 4) is 16.9 Å². The predicted octanol–water partition coefficient (Wildman–Crippen LogP) is 3.71. The van der Waals surface area contributed by atoms with Gasteiger partial charge in [-0.15, -0.1) is 0 Å². The molecule has 1 aromatic carbocycles. The Morgan fingerprint density at radius 3 is 2.76 bits per heavy atom. The summed E-state index contributed by atoms with van der Waals surface area (Å²) in [7, 11) is 1.50. The molecule has 0 radical (unpaired) electrons. The molecular weight excluding hydrogens is 326 g/mol. The Morgan fingerprint density at radius 2 is 2.00 bits per heavy atom. The zero-order valence-corrected chi connectivity index (χ0v) is 13.8. The highest BCUT2D eigenvalue weighted by molar-refractivity contribution is 6.01. The quantitative estimate of drug-likeness (QED) is 0.787. The molecule has 1 aliphatic rings. The summed E-state index contributed by atoms with van der Waals surface area (Å²) in [5.41, 5.74) is 2.15. The monoisotopic (exact) mass is 344 g/mol. The van der Waals surface area contributed by atoms with Gasteiger partial charge in [-0.05, 0) is 30.5 Å². The Kier molecular flexibility index (Phi) is 3.99. The van der Waals surface area contributed by atoms with Gasteiger partial charge in [-0.2, -0.15) is 0 Å². The van der Waals surface area contributed by atoms with E-state index in [0.29, 0.717) is 42.9 Å². The van der Waals surface area contributed by atoms with E-state index in [-0.39, 0.29) is 5.82 Å². The molecule has 0 saturated carbocycles. The number of hydrogen-bond acceptors (Lipinski definition) is 4. The molecule has 0 bridgehead atoms. The maximum absolute atomic E-state index is 13.9. The zero-order valence-electron chi connectivity index (χ0n) is 13.8. The van der Waals surface area contributed by atoms with Crippen molar-refractivity contribution in [3.63, 3.8) is 0 Å². The number of aromatic nitrogens is 3. The second-order valence-corrected chi connectivity index (χ2v) is 6.16. The Labute approximate surface area is 143 Å². The first-order valence-corrected chi connectivity index (χ1v) is 8.22. The van der Waals surface area contributed by atoms with Crippen LogP contribution in [0.3, 0.4) is 0 Å². The standard InChI is InChI=1S/C18H18F2N4O/c1-25-14-7-11(6-13(20)8-14)15-9-21-17-16(15)18(23-10-22-17)24-4-2-12(19)3-5-24/h6-10,12H,2-5H2,1H3,(H,21,22,23). The maximum atomic E-state index is 13.9. The molecule has 1 saturated heterocycles. The van der Waals surface area contributed by atoms with Gasteiger partial charge >= 0.3 is 0 Å². The van der Waals surface area contributed by atoms with E-state index in [1.54, 1.807) is 12.3 Å². The lowest BCUT2D eigenvalue weighted by atomic mass is 10.0. The molecule has 130 valence electrons. The molecule has 5 nitrogen and oxygen atoms in total. The van der Waals surface area contributed by atoms with Gasteiger partial charge in [0.05, 0.1) is 12.5 Å². The number of alkyl halides is 1. The minimum absolute atomic E-state index is 0.375. The van der Waals surface area contributed by atoms with Crippen LogP contribution in [0, 0.1) is 5.82 Å². The minimum Gasteiger partial charge on any atom is -0.497 e. The Hall–Kier alpha value is -2.70. The number of fused-ring (bicyclic) bond motifs is 1. The predicted molar refractivity (Wildman–Crippen MR) is 92.2 cm³/mol. The van der Waals surface area contributed by atoms with Gasteiger partial charge in [0.2, 0.25) is 0 Å². The van der Waals surface area contributed by atoms with Crippen LogP contribution in [0.5, 0.6) is 5.75 Å². The van der Waals surface area contributed by atoms with Crippen molar-refractivity contribution in [2.45, 2.75) is 19.0 Å². The first kappa shape index (κ1) is 15.8. The Balaban J connectivity index is 1.84. The van der Waals surface area contributed by atoms with Gasteiger partial charge < -0.3 is 14.6 Å². The molecule has 3 heterocycles. The Morgan fingerprint density at radius 1 is 1.20 bits per heavy atom. The number of anilines is 1. The minimum atomic E-state index is -0.758. The average molecular weight is 344 g/mol. The summed E-state index contributed by atoms with van der Waals surface area (Å²) in [5, 5.41) is 0.812. The number of methoxy groups -OCH3 is 1. The van der Waals surface area contributed by atoms with Gasteiger partial charge in [0.15, 0.2) is 0 Å². The highest BCUT2D eigenvalue weighted by Gasteiger charge is 2.23. The van der Waals surface area contributed by atoms with Crippen LogP contribution >= 0.6 is 0 Å². The van der Waals surface area contributed by atoms with Gasteiger partial charge in [0, 0.05) is 30.9 Å². The lowest BCUT2D eigenvalue weighted by Gasteiger charge is -2.30. The first-order valence-electron chi connectivity index (χ1n) is 8.22. The van der Waals surface area contributed by atoms with Crippen LogP contribution in [0.25, 0.3) is 22.2 Å². The summed E-state index contributed by atoms with van der Waals surface area (Å²) in [6.45, 7) is 1.20. The third-order valence-electron chi connectivity index (χ3n) is 4.59. The first-order chi connectivity index (χ1) is 12.2. The van der Waals surface area contributed by atoms with Gasteiger partial charge in [0.1, 0.15) is 35.5 Å². The smallest absolute Gasteiger partial charge is 0.143 e. The normalized spacial score (nSPS) is 15.7. The zero-order chi connectivity index (χ0) is 17.4. The van der Waals surface area contributed by atoms with Gasteiger partial charge in [0.25, 0.3) is 0 Å². The number of nitrogens with one attached hydrogen (secondary N) is 1. The Bertz CT molecular complexity index is 903. The number of nitrogens with zero attached hydrogens (tertiary/aromatic N) is 3. The second kappa shape index (κ2) is 6.31. The number of rotatable bonds is 3. The van der Waals surface area contributed by atoms with E-state index in [4.69, 9.17) is 4.74 Å². The largest absolute Gasteiger partial charge is 0.497 e. The van der Waals surface area contributed by atoms with Crippen LogP contribution in [0.15, 0.2) is 30.7 Å². The lowest BCUT2D eigenvalue weighted by Crippen LogP contribution is -2.35. The fraction of sp³-hybridized carbons (Fsp3) is 0.333. The average Bonchev–Trinajstić information content (AvgIpc) is 3.06. The van der Waals surface area contributed by atoms with Crippen molar-refractivity contribution in [2.75, 3.05) is 25.1 Å². The molecule has 7 heteroatoms. The van der Waals surface area contributed by atoms with Crippen LogP contribution in [0.1, 0.15) is 12.8 Å². The van der Waals surface area contributed by atoms with Crippen molar-refractivity contribution in [2.24, 2.45) is 0 Å². The summed E-state index contributed by atoms with van der Waals surface area (Å²) in [6, 6.07) is 4.56. The van der Waals surface area contributed by atoms with Crippen LogP contribution in [-0.2, 0) is 0 Å². The number of halogens is 2. The summed E-state index contributed by atoms with van der Waals surface area (Å²) in [4.78, 5) is 13.9. The summed E-state index contributed by atoms with van der Waals surface area (Å²) >= 11 is 0. The van der Waals surface area contributed by atoms with Crippen LogP contribution in [0.4, 0.5) is 14.6 Å². The van der Waals surface area contributed by atoms with Crippen molar-refractivity contribution in [3.05, 3.63) is 36.5 Å². The number of ether oxygens (including phenoxy) is 1. The molecule has 4 rings (SSSR count). The van der Waals surface area contributed by atoms with E-state index in [2.05, 4.69) is 19.9 Å². The summed E-state index contributed by atoms with van der Waals surface area (Å²) < 4.78 is 32.6. The maximum Gasteiger partial charge on any atom is 0.143 e. The van der Waals surface area contributed by atoms with E-state index in [1.807, 2.05) is 0 Å². The molecular formula is C18H18F2N4O. The molecule has 1 fully saturated rings. The molecule has 3 aromatic rings. The molecule has 0 amide bonds. The summed E-state index contributed by atoms with van der Waals surface area (Å²) in [6.07, 6.45) is 3.50. The SMILES string of the molecule is COc1cc(F)cc(-c2c[nH]c3ncnc(N4CCC(F)CC4)c23)c1. The number of aromatic amines is 1. The summed E-state index contributed by atoms with van der Waals surface area (Å²) in [5.74, 6) is 0.817. The molecule has 1 N–H and O–H groups in total. The fourth-order valence-corrected chi connectivity index (χ4v) is 3.31. The molecule has 1 aliphatic heterocycles. The molecule has 0 aliphatic carbocycles. The van der Waals surface area contributed by atoms with E-state index in [0.717, 1.165) is 16.8 Å². The number of hydrogen-bond donors (Lipinski definition) is 1. The lowest BCUT2D eigenvalue weighted by molar-refractivity contribution is 0.277. The molecule has 0 spiro atoms. The van der Waals surface area contributed by atoms with Crippen molar-refractivity contribution in [1.29, 1.82) is 0 Å². The number of benzene rings is 1. The molecule has 25 heavy (non-hydrogen) atoms. The van der Waals surface area contributed by atoms with E-state index in [1.165, 1.54) is 25.6 Å². The highest BCUT2D eigenvalue weighted by atomic mass is 19.1. The highest BCUT2D eigenvalue weighted by Crippen LogP contribution is 2.36. The van der Waals surface area contributed by atoms with E-state index < -0.39 is 6.17 Å².